The Balaban J connectivity index is 3.76. The van der Waals surface area contributed by atoms with E-state index in [0.717, 1.165) is 12.3 Å². The zero-order valence-electron chi connectivity index (χ0n) is 8.23. The Hall–Kier alpha value is -0.880. The molecule has 0 radical (unpaired) electrons. The summed E-state index contributed by atoms with van der Waals surface area (Å²) >= 11 is 0. The monoisotopic (exact) mass is 221 g/mol. The molecular formula is C8H15NO4S. The van der Waals surface area contributed by atoms with Crippen molar-refractivity contribution in [3.8, 4) is 0 Å². The summed E-state index contributed by atoms with van der Waals surface area (Å²) in [6.45, 7) is 2.08. The lowest BCUT2D eigenvalue weighted by molar-refractivity contribution is -0.131. The SMILES string of the molecule is CC(CS(C)(=O)=O)NC/C=C/C(=O)O. The summed E-state index contributed by atoms with van der Waals surface area (Å²) in [4.78, 5) is 10.1. The minimum Gasteiger partial charge on any atom is -0.478 e. The number of carbonyl (C=O) groups is 1. The van der Waals surface area contributed by atoms with Gasteiger partial charge < -0.3 is 10.4 Å². The van der Waals surface area contributed by atoms with Crippen molar-refractivity contribution in [1.82, 2.24) is 5.32 Å². The maximum atomic E-state index is 10.8. The van der Waals surface area contributed by atoms with Gasteiger partial charge in [-0.1, -0.05) is 6.08 Å². The Morgan fingerprint density at radius 2 is 2.14 bits per heavy atom. The van der Waals surface area contributed by atoms with Gasteiger partial charge in [-0.05, 0) is 6.92 Å². The fourth-order valence-electron chi connectivity index (χ4n) is 0.942. The van der Waals surface area contributed by atoms with Gasteiger partial charge in [-0.25, -0.2) is 13.2 Å². The lowest BCUT2D eigenvalue weighted by Gasteiger charge is -2.09. The van der Waals surface area contributed by atoms with E-state index in [9.17, 15) is 13.2 Å². The molecule has 0 aromatic carbocycles. The van der Waals surface area contributed by atoms with Crippen molar-refractivity contribution in [1.29, 1.82) is 0 Å². The molecule has 1 atom stereocenters. The number of aliphatic carboxylic acids is 1. The van der Waals surface area contributed by atoms with Gasteiger partial charge in [0.2, 0.25) is 0 Å². The summed E-state index contributed by atoms with van der Waals surface area (Å²) in [6, 6.07) is -0.177. The second kappa shape index (κ2) is 5.77. The minimum absolute atomic E-state index is 0.0495. The van der Waals surface area contributed by atoms with Crippen molar-refractivity contribution in [3.63, 3.8) is 0 Å². The maximum absolute atomic E-state index is 10.8. The van der Waals surface area contributed by atoms with E-state index in [2.05, 4.69) is 5.32 Å². The smallest absolute Gasteiger partial charge is 0.328 e. The molecule has 6 heteroatoms. The van der Waals surface area contributed by atoms with Crippen molar-refractivity contribution in [2.75, 3.05) is 18.6 Å². The number of carboxylic acids is 1. The molecule has 0 aliphatic carbocycles. The van der Waals surface area contributed by atoms with Crippen molar-refractivity contribution in [2.24, 2.45) is 0 Å². The predicted octanol–water partition coefficient (Wildman–Crippen LogP) is -0.350. The van der Waals surface area contributed by atoms with Crippen molar-refractivity contribution >= 4 is 15.8 Å². The summed E-state index contributed by atoms with van der Waals surface area (Å²) in [5.41, 5.74) is 0. The van der Waals surface area contributed by atoms with Crippen LogP contribution in [0.2, 0.25) is 0 Å². The van der Waals surface area contributed by atoms with Crippen LogP contribution in [0.15, 0.2) is 12.2 Å². The highest BCUT2D eigenvalue weighted by Crippen LogP contribution is 1.89. The molecule has 1 unspecified atom stereocenters. The fourth-order valence-corrected chi connectivity index (χ4v) is 1.97. The van der Waals surface area contributed by atoms with Crippen LogP contribution < -0.4 is 5.32 Å². The van der Waals surface area contributed by atoms with Crippen LogP contribution in [-0.2, 0) is 14.6 Å². The molecule has 14 heavy (non-hydrogen) atoms. The van der Waals surface area contributed by atoms with Crippen LogP contribution in [0.5, 0.6) is 0 Å². The third-order valence-electron chi connectivity index (χ3n) is 1.40. The summed E-state index contributed by atoms with van der Waals surface area (Å²) in [7, 11) is -2.98. The van der Waals surface area contributed by atoms with Crippen LogP contribution in [0.4, 0.5) is 0 Å². The number of rotatable bonds is 6. The van der Waals surface area contributed by atoms with E-state index in [0.29, 0.717) is 6.54 Å². The fraction of sp³-hybridized carbons (Fsp3) is 0.625. The molecule has 0 saturated carbocycles. The van der Waals surface area contributed by atoms with Crippen LogP contribution in [0, 0.1) is 0 Å². The molecular weight excluding hydrogens is 206 g/mol. The molecule has 2 N–H and O–H groups in total. The van der Waals surface area contributed by atoms with Gasteiger partial charge in [0.1, 0.15) is 9.84 Å². The van der Waals surface area contributed by atoms with Crippen LogP contribution in [0.1, 0.15) is 6.92 Å². The number of sulfone groups is 1. The number of carboxylic acid groups (broad SMARTS) is 1. The van der Waals surface area contributed by atoms with Gasteiger partial charge in [0.15, 0.2) is 0 Å². The highest BCUT2D eigenvalue weighted by molar-refractivity contribution is 7.90. The van der Waals surface area contributed by atoms with Gasteiger partial charge in [-0.15, -0.1) is 0 Å². The van der Waals surface area contributed by atoms with Gasteiger partial charge >= 0.3 is 5.97 Å². The molecule has 0 fully saturated rings. The molecule has 0 rings (SSSR count). The number of hydrogen-bond donors (Lipinski definition) is 2. The van der Waals surface area contributed by atoms with Gasteiger partial charge in [0.05, 0.1) is 5.75 Å². The highest BCUT2D eigenvalue weighted by Gasteiger charge is 2.08. The van der Waals surface area contributed by atoms with E-state index in [1.54, 1.807) is 6.92 Å². The number of hydrogen-bond acceptors (Lipinski definition) is 4. The molecule has 0 saturated heterocycles. The molecule has 0 spiro atoms. The van der Waals surface area contributed by atoms with Gasteiger partial charge in [-0.3, -0.25) is 0 Å². The third-order valence-corrected chi connectivity index (χ3v) is 2.50. The van der Waals surface area contributed by atoms with Crippen molar-refractivity contribution in [2.45, 2.75) is 13.0 Å². The lowest BCUT2D eigenvalue weighted by Crippen LogP contribution is -2.32. The predicted molar refractivity (Wildman–Crippen MR) is 54.0 cm³/mol. The van der Waals surface area contributed by atoms with E-state index in [4.69, 9.17) is 5.11 Å². The van der Waals surface area contributed by atoms with Crippen LogP contribution in [0.3, 0.4) is 0 Å². The Labute approximate surface area is 83.7 Å². The van der Waals surface area contributed by atoms with E-state index in [1.807, 2.05) is 0 Å². The first-order valence-electron chi connectivity index (χ1n) is 4.12. The van der Waals surface area contributed by atoms with Crippen molar-refractivity contribution < 1.29 is 18.3 Å². The summed E-state index contributed by atoms with van der Waals surface area (Å²) in [5.74, 6) is -0.962. The number of nitrogens with one attached hydrogen (secondary N) is 1. The van der Waals surface area contributed by atoms with Crippen LogP contribution >= 0.6 is 0 Å². The largest absolute Gasteiger partial charge is 0.478 e. The summed E-state index contributed by atoms with van der Waals surface area (Å²) in [6.07, 6.45) is 3.61. The molecule has 0 bridgehead atoms. The molecule has 0 aromatic heterocycles. The normalized spacial score (nSPS) is 14.4. The molecule has 0 aromatic rings. The van der Waals surface area contributed by atoms with E-state index < -0.39 is 15.8 Å². The second-order valence-electron chi connectivity index (χ2n) is 3.14. The van der Waals surface area contributed by atoms with Crippen LogP contribution in [-0.4, -0.2) is 44.1 Å². The molecule has 0 amide bonds. The maximum Gasteiger partial charge on any atom is 0.328 e. The van der Waals surface area contributed by atoms with Gasteiger partial charge in [0, 0.05) is 24.9 Å². The van der Waals surface area contributed by atoms with Crippen molar-refractivity contribution in [3.05, 3.63) is 12.2 Å². The summed E-state index contributed by atoms with van der Waals surface area (Å²) < 4.78 is 21.7. The standard InChI is InChI=1S/C8H15NO4S/c1-7(6-14(2,12)13)9-5-3-4-8(10)11/h3-4,7,9H,5-6H2,1-2H3,(H,10,11)/b4-3+. The minimum atomic E-state index is -2.98. The third kappa shape index (κ3) is 9.21. The molecule has 5 nitrogen and oxygen atoms in total. The average Bonchev–Trinajstić information content (AvgIpc) is 1.94. The Kier molecular flexibility index (Phi) is 5.40. The van der Waals surface area contributed by atoms with E-state index in [1.165, 1.54) is 6.08 Å². The molecule has 82 valence electrons. The Bertz CT molecular complexity index is 307. The first kappa shape index (κ1) is 13.1. The van der Waals surface area contributed by atoms with Crippen LogP contribution in [0.25, 0.3) is 0 Å². The Morgan fingerprint density at radius 3 is 2.57 bits per heavy atom. The topological polar surface area (TPSA) is 83.5 Å². The first-order chi connectivity index (χ1) is 6.31. The Morgan fingerprint density at radius 1 is 1.57 bits per heavy atom. The van der Waals surface area contributed by atoms with E-state index in [-0.39, 0.29) is 11.8 Å². The summed E-state index contributed by atoms with van der Waals surface area (Å²) in [5, 5.41) is 11.1. The lowest BCUT2D eigenvalue weighted by atomic mass is 10.4. The molecule has 0 aliphatic rings. The van der Waals surface area contributed by atoms with Gasteiger partial charge in [0.25, 0.3) is 0 Å². The van der Waals surface area contributed by atoms with E-state index >= 15 is 0 Å². The van der Waals surface area contributed by atoms with Gasteiger partial charge in [-0.2, -0.15) is 0 Å². The average molecular weight is 221 g/mol. The second-order valence-corrected chi connectivity index (χ2v) is 5.33. The first-order valence-corrected chi connectivity index (χ1v) is 6.18. The highest BCUT2D eigenvalue weighted by atomic mass is 32.2. The quantitative estimate of drug-likeness (QED) is 0.599. The molecule has 0 heterocycles. The zero-order valence-corrected chi connectivity index (χ0v) is 9.04. The molecule has 0 aliphatic heterocycles. The zero-order chi connectivity index (χ0) is 11.2.